The van der Waals surface area contributed by atoms with Crippen LogP contribution in [0, 0.1) is 6.92 Å². The lowest BCUT2D eigenvalue weighted by molar-refractivity contribution is -0.122. The fourth-order valence-corrected chi connectivity index (χ4v) is 3.95. The lowest BCUT2D eigenvalue weighted by atomic mass is 9.84. The van der Waals surface area contributed by atoms with Crippen LogP contribution in [0.3, 0.4) is 0 Å². The van der Waals surface area contributed by atoms with Gasteiger partial charge in [0.25, 0.3) is 0 Å². The number of hydrogen-bond acceptors (Lipinski definition) is 5. The molecule has 2 heterocycles. The van der Waals surface area contributed by atoms with Gasteiger partial charge in [0.05, 0.1) is 6.54 Å². The molecule has 0 saturated carbocycles. The number of fused-ring (bicyclic) bond motifs is 1. The van der Waals surface area contributed by atoms with E-state index in [1.807, 2.05) is 12.1 Å². The number of aryl methyl sites for hydroxylation is 1. The van der Waals surface area contributed by atoms with Crippen molar-refractivity contribution in [2.45, 2.75) is 51.1 Å². The maximum atomic E-state index is 12.4. The summed E-state index contributed by atoms with van der Waals surface area (Å²) in [7, 11) is 0. The maximum Gasteiger partial charge on any atom is 0.220 e. The van der Waals surface area contributed by atoms with Gasteiger partial charge in [-0.2, -0.15) is 0 Å². The molecule has 0 spiro atoms. The second kappa shape index (κ2) is 8.03. The molecular weight excluding hydrogens is 368 g/mol. The number of nitrogens with zero attached hydrogens (tertiary/aromatic N) is 2. The zero-order chi connectivity index (χ0) is 20.3. The van der Waals surface area contributed by atoms with Gasteiger partial charge in [0.1, 0.15) is 11.4 Å². The highest BCUT2D eigenvalue weighted by Gasteiger charge is 2.37. The first-order valence-electron chi connectivity index (χ1n) is 9.86. The Kier molecular flexibility index (Phi) is 5.29. The highest BCUT2D eigenvalue weighted by molar-refractivity contribution is 5.83. The summed E-state index contributed by atoms with van der Waals surface area (Å²) in [6, 6.07) is 14.6. The smallest absolute Gasteiger partial charge is 0.220 e. The second-order valence-corrected chi connectivity index (χ2v) is 7.76. The highest BCUT2D eigenvalue weighted by atomic mass is 16.6. The van der Waals surface area contributed by atoms with Crippen LogP contribution in [0.15, 0.2) is 47.1 Å². The van der Waals surface area contributed by atoms with Gasteiger partial charge in [0.2, 0.25) is 11.8 Å². The molecule has 3 aromatic rings. The van der Waals surface area contributed by atoms with Crippen LogP contribution in [-0.4, -0.2) is 27.7 Å². The van der Waals surface area contributed by atoms with Gasteiger partial charge in [-0.15, -0.1) is 0 Å². The zero-order valence-corrected chi connectivity index (χ0v) is 16.4. The minimum Gasteiger partial charge on any atom is -0.350 e. The Bertz CT molecular complexity index is 1050. The largest absolute Gasteiger partial charge is 0.350 e. The molecule has 1 saturated heterocycles. The normalized spacial score (nSPS) is 18.7. The van der Waals surface area contributed by atoms with Crippen LogP contribution < -0.4 is 10.6 Å². The van der Waals surface area contributed by atoms with E-state index in [2.05, 4.69) is 55.9 Å². The topological polar surface area (TPSA) is 97.1 Å². The quantitative estimate of drug-likeness (QED) is 0.644. The minimum atomic E-state index is -0.387. The van der Waals surface area contributed by atoms with Crippen LogP contribution in [0.2, 0.25) is 0 Å². The molecule has 2 amide bonds. The van der Waals surface area contributed by atoms with Crippen LogP contribution in [-0.2, 0) is 22.6 Å². The predicted octanol–water partition coefficient (Wildman–Crippen LogP) is 2.82. The van der Waals surface area contributed by atoms with Gasteiger partial charge in [0, 0.05) is 18.4 Å². The van der Waals surface area contributed by atoms with Crippen LogP contribution in [0.4, 0.5) is 0 Å². The Morgan fingerprint density at radius 2 is 2.03 bits per heavy atom. The third-order valence-corrected chi connectivity index (χ3v) is 5.62. The molecule has 1 atom stereocenters. The Morgan fingerprint density at radius 3 is 2.76 bits per heavy atom. The predicted molar refractivity (Wildman–Crippen MR) is 108 cm³/mol. The molecule has 1 unspecified atom stereocenters. The van der Waals surface area contributed by atoms with Gasteiger partial charge < -0.3 is 10.6 Å². The summed E-state index contributed by atoms with van der Waals surface area (Å²) in [4.78, 5) is 24.3. The van der Waals surface area contributed by atoms with Crippen LogP contribution in [0.1, 0.15) is 42.6 Å². The van der Waals surface area contributed by atoms with Gasteiger partial charge in [-0.25, -0.2) is 4.63 Å². The minimum absolute atomic E-state index is 0.0514. The van der Waals surface area contributed by atoms with Gasteiger partial charge in [-0.3, -0.25) is 9.59 Å². The summed E-state index contributed by atoms with van der Waals surface area (Å²) in [5.74, 6) is -0.0260. The Morgan fingerprint density at radius 1 is 1.21 bits per heavy atom. The Hall–Kier alpha value is -3.22. The fraction of sp³-hybridized carbons (Fsp3) is 0.364. The summed E-state index contributed by atoms with van der Waals surface area (Å²) >= 11 is 0. The first-order valence-corrected chi connectivity index (χ1v) is 9.86. The van der Waals surface area contributed by atoms with Crippen molar-refractivity contribution in [1.82, 2.24) is 20.9 Å². The van der Waals surface area contributed by atoms with E-state index in [-0.39, 0.29) is 23.9 Å². The first kappa shape index (κ1) is 19.1. The lowest BCUT2D eigenvalue weighted by Gasteiger charge is -2.29. The molecule has 29 heavy (non-hydrogen) atoms. The van der Waals surface area contributed by atoms with Crippen molar-refractivity contribution in [3.05, 3.63) is 59.4 Å². The number of amides is 2. The van der Waals surface area contributed by atoms with Gasteiger partial charge >= 0.3 is 0 Å². The van der Waals surface area contributed by atoms with Crippen molar-refractivity contribution in [2.24, 2.45) is 0 Å². The Balaban J connectivity index is 1.41. The van der Waals surface area contributed by atoms with E-state index in [9.17, 15) is 9.59 Å². The molecule has 4 rings (SSSR count). The molecule has 150 valence electrons. The van der Waals surface area contributed by atoms with E-state index in [0.29, 0.717) is 37.1 Å². The fourth-order valence-electron chi connectivity index (χ4n) is 3.95. The molecule has 2 N–H and O–H groups in total. The summed E-state index contributed by atoms with van der Waals surface area (Å²) in [5.41, 5.74) is 2.07. The molecule has 1 aliphatic rings. The average Bonchev–Trinajstić information content (AvgIpc) is 3.30. The van der Waals surface area contributed by atoms with Crippen LogP contribution in [0.5, 0.6) is 0 Å². The van der Waals surface area contributed by atoms with Gasteiger partial charge in [0.15, 0.2) is 0 Å². The molecule has 0 radical (unpaired) electrons. The van der Waals surface area contributed by atoms with Gasteiger partial charge in [-0.05, 0) is 42.5 Å². The van der Waals surface area contributed by atoms with Crippen molar-refractivity contribution in [1.29, 1.82) is 0 Å². The molecule has 1 aliphatic heterocycles. The Labute approximate surface area is 168 Å². The van der Waals surface area contributed by atoms with E-state index in [0.717, 1.165) is 12.0 Å². The van der Waals surface area contributed by atoms with E-state index in [1.54, 1.807) is 6.92 Å². The summed E-state index contributed by atoms with van der Waals surface area (Å²) in [6.45, 7) is 2.07. The first-order chi connectivity index (χ1) is 14.0. The van der Waals surface area contributed by atoms with Crippen LogP contribution >= 0.6 is 0 Å². The zero-order valence-electron chi connectivity index (χ0n) is 16.4. The van der Waals surface area contributed by atoms with Crippen molar-refractivity contribution >= 4 is 22.6 Å². The van der Waals surface area contributed by atoms with Gasteiger partial charge in [-0.1, -0.05) is 52.8 Å². The SMILES string of the molecule is Cc1nonc1CNC(=O)CCC1(Cc2ccc3ccccc3c2)CCC(=O)N1. The molecule has 7 heteroatoms. The third kappa shape index (κ3) is 4.45. The summed E-state index contributed by atoms with van der Waals surface area (Å²) in [5, 5.41) is 15.8. The third-order valence-electron chi connectivity index (χ3n) is 5.62. The molecule has 0 bridgehead atoms. The lowest BCUT2D eigenvalue weighted by Crippen LogP contribution is -2.44. The molecular formula is C22H24N4O3. The van der Waals surface area contributed by atoms with E-state index >= 15 is 0 Å². The van der Waals surface area contributed by atoms with E-state index in [1.165, 1.54) is 10.8 Å². The number of benzene rings is 2. The molecule has 1 fully saturated rings. The monoisotopic (exact) mass is 392 g/mol. The van der Waals surface area contributed by atoms with Crippen molar-refractivity contribution in [3.8, 4) is 0 Å². The number of aromatic nitrogens is 2. The maximum absolute atomic E-state index is 12.4. The highest BCUT2D eigenvalue weighted by Crippen LogP contribution is 2.30. The second-order valence-electron chi connectivity index (χ2n) is 7.76. The standard InChI is InChI=1S/C22H24N4O3/c1-15-19(26-29-25-15)14-23-20(27)8-10-22(11-9-21(28)24-22)13-16-6-7-17-4-2-3-5-18(17)12-16/h2-7,12H,8-11,13-14H2,1H3,(H,23,27)(H,24,28). The summed E-state index contributed by atoms with van der Waals surface area (Å²) < 4.78 is 4.64. The number of rotatable bonds is 7. The van der Waals surface area contributed by atoms with E-state index in [4.69, 9.17) is 0 Å². The number of carbonyl (C=O) groups excluding carboxylic acids is 2. The number of carbonyl (C=O) groups is 2. The molecule has 7 nitrogen and oxygen atoms in total. The molecule has 2 aromatic carbocycles. The van der Waals surface area contributed by atoms with Crippen LogP contribution in [0.25, 0.3) is 10.8 Å². The van der Waals surface area contributed by atoms with Crippen molar-refractivity contribution in [2.75, 3.05) is 0 Å². The van der Waals surface area contributed by atoms with Crippen molar-refractivity contribution in [3.63, 3.8) is 0 Å². The number of hydrogen-bond donors (Lipinski definition) is 2. The van der Waals surface area contributed by atoms with E-state index < -0.39 is 0 Å². The average molecular weight is 392 g/mol. The summed E-state index contributed by atoms with van der Waals surface area (Å²) in [6.07, 6.45) is 2.87. The number of nitrogens with one attached hydrogen (secondary N) is 2. The molecule has 0 aliphatic carbocycles. The van der Waals surface area contributed by atoms with Crippen molar-refractivity contribution < 1.29 is 14.2 Å². The molecule has 1 aromatic heterocycles.